The fourth-order valence-corrected chi connectivity index (χ4v) is 3.31. The first-order valence-electron chi connectivity index (χ1n) is 6.12. The van der Waals surface area contributed by atoms with Crippen molar-refractivity contribution in [1.29, 1.82) is 0 Å². The summed E-state index contributed by atoms with van der Waals surface area (Å²) in [4.78, 5) is 4.07. The Morgan fingerprint density at radius 1 is 1.28 bits per heavy atom. The second-order valence-electron chi connectivity index (χ2n) is 5.16. The maximum absolute atomic E-state index is 6.51. The third-order valence-corrected chi connectivity index (χ3v) is 4.57. The Hall–Kier alpha value is -0.970. The van der Waals surface area contributed by atoms with Gasteiger partial charge in [0.05, 0.1) is 11.6 Å². The SMILES string of the molecule is NC1C=NC=CC1(N)C1Cc2ccc(Br)cc2C1. The van der Waals surface area contributed by atoms with Crippen LogP contribution in [0.4, 0.5) is 0 Å². The van der Waals surface area contributed by atoms with Crippen LogP contribution in [-0.4, -0.2) is 17.8 Å². The minimum atomic E-state index is -0.479. The van der Waals surface area contributed by atoms with E-state index in [1.54, 1.807) is 12.4 Å². The van der Waals surface area contributed by atoms with Crippen LogP contribution in [0.15, 0.2) is 39.9 Å². The standard InChI is InChI=1S/C14H16BrN3/c15-12-2-1-9-5-11(6-10(9)7-12)14(17)3-4-18-8-13(14)16/h1-4,7-8,11,13H,5-6,16-17H2. The molecule has 0 saturated heterocycles. The number of rotatable bonds is 1. The minimum absolute atomic E-state index is 0.203. The molecule has 0 radical (unpaired) electrons. The average Bonchev–Trinajstić information content (AvgIpc) is 2.76. The lowest BCUT2D eigenvalue weighted by atomic mass is 9.76. The predicted molar refractivity (Wildman–Crippen MR) is 77.6 cm³/mol. The molecule has 1 heterocycles. The van der Waals surface area contributed by atoms with Crippen molar-refractivity contribution in [3.05, 3.63) is 46.1 Å². The zero-order valence-electron chi connectivity index (χ0n) is 10.0. The first kappa shape index (κ1) is 12.1. The molecule has 3 unspecified atom stereocenters. The fourth-order valence-electron chi connectivity index (χ4n) is 2.90. The lowest BCUT2D eigenvalue weighted by Crippen LogP contribution is -2.60. The lowest BCUT2D eigenvalue weighted by Gasteiger charge is -2.37. The number of hydrogen-bond acceptors (Lipinski definition) is 3. The first-order valence-corrected chi connectivity index (χ1v) is 6.91. The lowest BCUT2D eigenvalue weighted by molar-refractivity contribution is 0.326. The van der Waals surface area contributed by atoms with Crippen molar-refractivity contribution in [2.45, 2.75) is 24.4 Å². The van der Waals surface area contributed by atoms with E-state index in [4.69, 9.17) is 11.5 Å². The molecule has 1 aliphatic carbocycles. The molecule has 1 aromatic carbocycles. The number of fused-ring (bicyclic) bond motifs is 1. The summed E-state index contributed by atoms with van der Waals surface area (Å²) < 4.78 is 1.12. The molecule has 4 heteroatoms. The molecule has 1 aromatic rings. The van der Waals surface area contributed by atoms with Crippen LogP contribution in [0.5, 0.6) is 0 Å². The molecule has 0 fully saturated rings. The van der Waals surface area contributed by atoms with Crippen molar-refractivity contribution < 1.29 is 0 Å². The van der Waals surface area contributed by atoms with E-state index in [0.29, 0.717) is 5.92 Å². The van der Waals surface area contributed by atoms with E-state index in [9.17, 15) is 0 Å². The predicted octanol–water partition coefficient (Wildman–Crippen LogP) is 1.79. The van der Waals surface area contributed by atoms with Crippen molar-refractivity contribution in [2.75, 3.05) is 0 Å². The maximum atomic E-state index is 6.51. The molecule has 3 rings (SSSR count). The number of benzene rings is 1. The van der Waals surface area contributed by atoms with E-state index in [1.807, 2.05) is 6.08 Å². The molecular formula is C14H16BrN3. The highest BCUT2D eigenvalue weighted by Crippen LogP contribution is 2.36. The fraction of sp³-hybridized carbons (Fsp3) is 0.357. The highest BCUT2D eigenvalue weighted by molar-refractivity contribution is 9.10. The van der Waals surface area contributed by atoms with E-state index in [1.165, 1.54) is 11.1 Å². The molecule has 0 spiro atoms. The Morgan fingerprint density at radius 3 is 2.83 bits per heavy atom. The van der Waals surface area contributed by atoms with Crippen LogP contribution in [0.2, 0.25) is 0 Å². The Morgan fingerprint density at radius 2 is 2.06 bits per heavy atom. The molecule has 18 heavy (non-hydrogen) atoms. The normalized spacial score (nSPS) is 33.7. The highest BCUT2D eigenvalue weighted by atomic mass is 79.9. The first-order chi connectivity index (χ1) is 8.59. The van der Waals surface area contributed by atoms with Gasteiger partial charge in [-0.05, 0) is 48.1 Å². The van der Waals surface area contributed by atoms with Gasteiger partial charge in [-0.1, -0.05) is 22.0 Å². The molecule has 0 aromatic heterocycles. The molecule has 4 N–H and O–H groups in total. The van der Waals surface area contributed by atoms with E-state index >= 15 is 0 Å². The van der Waals surface area contributed by atoms with E-state index < -0.39 is 5.54 Å². The minimum Gasteiger partial charge on any atom is -0.321 e. The zero-order chi connectivity index (χ0) is 12.8. The van der Waals surface area contributed by atoms with Crippen LogP contribution in [0.1, 0.15) is 11.1 Å². The van der Waals surface area contributed by atoms with Gasteiger partial charge in [0.2, 0.25) is 0 Å². The van der Waals surface area contributed by atoms with Crippen LogP contribution in [-0.2, 0) is 12.8 Å². The molecule has 1 aliphatic heterocycles. The monoisotopic (exact) mass is 305 g/mol. The molecule has 3 atom stereocenters. The van der Waals surface area contributed by atoms with Crippen molar-refractivity contribution >= 4 is 22.1 Å². The van der Waals surface area contributed by atoms with Gasteiger partial charge in [0.15, 0.2) is 0 Å². The van der Waals surface area contributed by atoms with Gasteiger partial charge in [-0.2, -0.15) is 0 Å². The summed E-state index contributed by atoms with van der Waals surface area (Å²) in [6.45, 7) is 0. The summed E-state index contributed by atoms with van der Waals surface area (Å²) in [6.07, 6.45) is 7.45. The third kappa shape index (κ3) is 1.85. The molecule has 2 aliphatic rings. The van der Waals surface area contributed by atoms with Crippen LogP contribution in [0.25, 0.3) is 0 Å². The number of aliphatic imine (C=N–C) groups is 1. The van der Waals surface area contributed by atoms with Crippen molar-refractivity contribution in [2.24, 2.45) is 22.4 Å². The highest BCUT2D eigenvalue weighted by Gasteiger charge is 2.41. The van der Waals surface area contributed by atoms with Gasteiger partial charge >= 0.3 is 0 Å². The van der Waals surface area contributed by atoms with Gasteiger partial charge in [0, 0.05) is 16.9 Å². The van der Waals surface area contributed by atoms with E-state index in [0.717, 1.165) is 17.3 Å². The largest absolute Gasteiger partial charge is 0.321 e. The summed E-state index contributed by atoms with van der Waals surface area (Å²) in [5.41, 5.74) is 14.9. The van der Waals surface area contributed by atoms with Crippen molar-refractivity contribution in [3.8, 4) is 0 Å². The van der Waals surface area contributed by atoms with Gasteiger partial charge in [0.1, 0.15) is 0 Å². The number of nitrogens with zero attached hydrogens (tertiary/aromatic N) is 1. The van der Waals surface area contributed by atoms with Gasteiger partial charge in [-0.3, -0.25) is 4.99 Å². The molecule has 0 bridgehead atoms. The van der Waals surface area contributed by atoms with Crippen LogP contribution in [0.3, 0.4) is 0 Å². The summed E-state index contributed by atoms with van der Waals surface area (Å²) in [6, 6.07) is 6.24. The van der Waals surface area contributed by atoms with Crippen LogP contribution < -0.4 is 11.5 Å². The Bertz CT molecular complexity index is 538. The topological polar surface area (TPSA) is 64.4 Å². The summed E-state index contributed by atoms with van der Waals surface area (Å²) in [5, 5.41) is 0. The van der Waals surface area contributed by atoms with E-state index in [2.05, 4.69) is 39.1 Å². The average molecular weight is 306 g/mol. The summed E-state index contributed by atoms with van der Waals surface area (Å²) in [5.74, 6) is 0.347. The molecule has 0 amide bonds. The van der Waals surface area contributed by atoms with Gasteiger partial charge in [-0.25, -0.2) is 0 Å². The van der Waals surface area contributed by atoms with Gasteiger partial charge in [0.25, 0.3) is 0 Å². The quantitative estimate of drug-likeness (QED) is 0.831. The number of hydrogen-bond donors (Lipinski definition) is 2. The zero-order valence-corrected chi connectivity index (χ0v) is 11.6. The molecule has 0 saturated carbocycles. The number of nitrogens with two attached hydrogens (primary N) is 2. The van der Waals surface area contributed by atoms with Crippen molar-refractivity contribution in [3.63, 3.8) is 0 Å². The van der Waals surface area contributed by atoms with Crippen LogP contribution >= 0.6 is 15.9 Å². The molecule has 94 valence electrons. The summed E-state index contributed by atoms with van der Waals surface area (Å²) >= 11 is 3.52. The summed E-state index contributed by atoms with van der Waals surface area (Å²) in [7, 11) is 0. The van der Waals surface area contributed by atoms with Crippen molar-refractivity contribution in [1.82, 2.24) is 0 Å². The third-order valence-electron chi connectivity index (χ3n) is 4.08. The molecular weight excluding hydrogens is 290 g/mol. The number of halogens is 1. The molecule has 3 nitrogen and oxygen atoms in total. The Kier molecular flexibility index (Phi) is 2.88. The Labute approximate surface area is 115 Å². The second kappa shape index (κ2) is 4.30. The Balaban J connectivity index is 1.90. The second-order valence-corrected chi connectivity index (χ2v) is 6.07. The van der Waals surface area contributed by atoms with Gasteiger partial charge in [-0.15, -0.1) is 0 Å². The van der Waals surface area contributed by atoms with E-state index in [-0.39, 0.29) is 6.04 Å². The van der Waals surface area contributed by atoms with Crippen LogP contribution in [0, 0.1) is 5.92 Å². The smallest absolute Gasteiger partial charge is 0.0622 e. The van der Waals surface area contributed by atoms with Gasteiger partial charge < -0.3 is 11.5 Å². The maximum Gasteiger partial charge on any atom is 0.0622 e.